The lowest BCUT2D eigenvalue weighted by atomic mass is 10.2. The Balaban J connectivity index is 2.08. The number of aromatic nitrogens is 2. The summed E-state index contributed by atoms with van der Waals surface area (Å²) in [5.41, 5.74) is 1.47. The number of amides is 1. The van der Waals surface area contributed by atoms with Crippen LogP contribution in [0.3, 0.4) is 0 Å². The average Bonchev–Trinajstić information content (AvgIpc) is 2.88. The Morgan fingerprint density at radius 1 is 1.69 bits per heavy atom. The van der Waals surface area contributed by atoms with Gasteiger partial charge in [-0.3, -0.25) is 9.89 Å². The van der Waals surface area contributed by atoms with E-state index in [1.807, 2.05) is 0 Å². The summed E-state index contributed by atoms with van der Waals surface area (Å²) >= 11 is 3.18. The van der Waals surface area contributed by atoms with Crippen molar-refractivity contribution in [2.45, 2.75) is 6.54 Å². The van der Waals surface area contributed by atoms with Crippen molar-refractivity contribution in [2.24, 2.45) is 0 Å². The first-order chi connectivity index (χ1) is 7.68. The van der Waals surface area contributed by atoms with Gasteiger partial charge >= 0.3 is 0 Å². The number of furan rings is 1. The largest absolute Gasteiger partial charge is 0.457 e. The van der Waals surface area contributed by atoms with Gasteiger partial charge in [-0.15, -0.1) is 0 Å². The fourth-order valence-electron chi connectivity index (χ4n) is 1.36. The van der Waals surface area contributed by atoms with Gasteiger partial charge in [-0.25, -0.2) is 0 Å². The van der Waals surface area contributed by atoms with Crippen molar-refractivity contribution in [3.05, 3.63) is 40.5 Å². The number of nitrogens with zero attached hydrogens (tertiary/aromatic N) is 2. The molecule has 0 saturated carbocycles. The molecule has 0 fully saturated rings. The molecule has 2 aromatic rings. The molecule has 5 nitrogen and oxygen atoms in total. The summed E-state index contributed by atoms with van der Waals surface area (Å²) in [7, 11) is 1.73. The lowest BCUT2D eigenvalue weighted by molar-refractivity contribution is 0.0783. The van der Waals surface area contributed by atoms with Crippen molar-refractivity contribution < 1.29 is 9.21 Å². The second kappa shape index (κ2) is 4.52. The maximum atomic E-state index is 12.0. The van der Waals surface area contributed by atoms with Crippen LogP contribution in [0.1, 0.15) is 15.9 Å². The second-order valence-electron chi connectivity index (χ2n) is 3.38. The minimum absolute atomic E-state index is 0.0955. The molecular formula is C10H10BrN3O2. The molecule has 2 heterocycles. The molecule has 0 bridgehead atoms. The first-order valence-electron chi connectivity index (χ1n) is 4.64. The van der Waals surface area contributed by atoms with E-state index < -0.39 is 0 Å². The molecule has 0 atom stereocenters. The van der Waals surface area contributed by atoms with Crippen LogP contribution in [0.4, 0.5) is 0 Å². The summed E-state index contributed by atoms with van der Waals surface area (Å²) in [6.07, 6.45) is 4.92. The van der Waals surface area contributed by atoms with Gasteiger partial charge in [-0.1, -0.05) is 0 Å². The predicted octanol–water partition coefficient (Wildman–Crippen LogP) is 2.04. The van der Waals surface area contributed by atoms with Crippen molar-refractivity contribution in [1.29, 1.82) is 0 Å². The van der Waals surface area contributed by atoms with Crippen LogP contribution in [-0.4, -0.2) is 28.1 Å². The number of rotatable bonds is 3. The van der Waals surface area contributed by atoms with Gasteiger partial charge in [-0.05, 0) is 22.0 Å². The van der Waals surface area contributed by atoms with Crippen molar-refractivity contribution in [1.82, 2.24) is 15.1 Å². The summed E-state index contributed by atoms with van der Waals surface area (Å²) in [5, 5.41) is 6.53. The zero-order valence-electron chi connectivity index (χ0n) is 8.61. The van der Waals surface area contributed by atoms with E-state index in [0.717, 1.165) is 5.56 Å². The molecule has 0 saturated heterocycles. The number of aromatic amines is 1. The van der Waals surface area contributed by atoms with Gasteiger partial charge in [0.25, 0.3) is 5.91 Å². The van der Waals surface area contributed by atoms with E-state index in [9.17, 15) is 4.79 Å². The molecular weight excluding hydrogens is 274 g/mol. The van der Waals surface area contributed by atoms with E-state index in [1.54, 1.807) is 30.4 Å². The Morgan fingerprint density at radius 3 is 3.06 bits per heavy atom. The lowest BCUT2D eigenvalue weighted by Crippen LogP contribution is -2.25. The number of H-pyrrole nitrogens is 1. The molecule has 0 aromatic carbocycles. The van der Waals surface area contributed by atoms with Gasteiger partial charge < -0.3 is 9.32 Å². The molecule has 6 heteroatoms. The quantitative estimate of drug-likeness (QED) is 0.938. The van der Waals surface area contributed by atoms with Gasteiger partial charge in [-0.2, -0.15) is 5.10 Å². The average molecular weight is 284 g/mol. The third-order valence-corrected chi connectivity index (χ3v) is 2.78. The summed E-state index contributed by atoms with van der Waals surface area (Å²) in [5.74, 6) is -0.0955. The van der Waals surface area contributed by atoms with E-state index in [4.69, 9.17) is 4.42 Å². The molecule has 0 aliphatic carbocycles. The highest BCUT2D eigenvalue weighted by atomic mass is 79.9. The van der Waals surface area contributed by atoms with Gasteiger partial charge in [0.05, 0.1) is 18.0 Å². The molecule has 0 aliphatic rings. The number of halogens is 1. The van der Waals surface area contributed by atoms with Crippen molar-refractivity contribution in [2.75, 3.05) is 7.05 Å². The van der Waals surface area contributed by atoms with Crippen LogP contribution < -0.4 is 0 Å². The van der Waals surface area contributed by atoms with Crippen molar-refractivity contribution in [3.8, 4) is 0 Å². The van der Waals surface area contributed by atoms with Crippen LogP contribution in [0.5, 0.6) is 0 Å². The molecule has 1 amide bonds. The lowest BCUT2D eigenvalue weighted by Gasteiger charge is -2.15. The van der Waals surface area contributed by atoms with E-state index in [1.165, 1.54) is 6.26 Å². The Bertz CT molecular complexity index is 478. The summed E-state index contributed by atoms with van der Waals surface area (Å²) in [4.78, 5) is 13.6. The molecule has 84 valence electrons. The number of nitrogens with one attached hydrogen (secondary N) is 1. The van der Waals surface area contributed by atoms with Crippen LogP contribution in [0.2, 0.25) is 0 Å². The first kappa shape index (κ1) is 10.9. The summed E-state index contributed by atoms with van der Waals surface area (Å²) in [6, 6.07) is 1.64. The first-order valence-corrected chi connectivity index (χ1v) is 5.44. The maximum Gasteiger partial charge on any atom is 0.258 e. The zero-order chi connectivity index (χ0) is 11.5. The van der Waals surface area contributed by atoms with Gasteiger partial charge in [0.15, 0.2) is 4.67 Å². The number of carbonyl (C=O) groups excluding carboxylic acids is 1. The highest BCUT2D eigenvalue weighted by molar-refractivity contribution is 9.10. The van der Waals surface area contributed by atoms with Crippen LogP contribution in [0.15, 0.2) is 33.8 Å². The number of hydrogen-bond donors (Lipinski definition) is 1. The second-order valence-corrected chi connectivity index (χ2v) is 4.10. The standard InChI is InChI=1S/C10H10BrN3O2/c1-14(6-7-4-12-13-5-7)10(15)8-2-3-16-9(8)11/h2-5H,6H2,1H3,(H,12,13). The van der Waals surface area contributed by atoms with Gasteiger partial charge in [0.2, 0.25) is 0 Å². The Hall–Kier alpha value is -1.56. The Kier molecular flexibility index (Phi) is 3.09. The molecule has 0 spiro atoms. The van der Waals surface area contributed by atoms with Gasteiger partial charge in [0.1, 0.15) is 0 Å². The molecule has 0 unspecified atom stereocenters. The summed E-state index contributed by atoms with van der Waals surface area (Å²) in [6.45, 7) is 0.507. The predicted molar refractivity (Wildman–Crippen MR) is 60.8 cm³/mol. The van der Waals surface area contributed by atoms with E-state index >= 15 is 0 Å². The highest BCUT2D eigenvalue weighted by Gasteiger charge is 2.17. The minimum Gasteiger partial charge on any atom is -0.457 e. The molecule has 0 radical (unpaired) electrons. The molecule has 2 rings (SSSR count). The number of carbonyl (C=O) groups is 1. The van der Waals surface area contributed by atoms with Crippen LogP contribution >= 0.6 is 15.9 Å². The smallest absolute Gasteiger partial charge is 0.258 e. The monoisotopic (exact) mass is 283 g/mol. The fourth-order valence-corrected chi connectivity index (χ4v) is 1.77. The molecule has 1 N–H and O–H groups in total. The molecule has 16 heavy (non-hydrogen) atoms. The van der Waals surface area contributed by atoms with Crippen LogP contribution in [-0.2, 0) is 6.54 Å². The minimum atomic E-state index is -0.0955. The molecule has 2 aromatic heterocycles. The number of hydrogen-bond acceptors (Lipinski definition) is 3. The van der Waals surface area contributed by atoms with Crippen molar-refractivity contribution in [3.63, 3.8) is 0 Å². The Labute approximate surface area is 101 Å². The highest BCUT2D eigenvalue weighted by Crippen LogP contribution is 2.19. The zero-order valence-corrected chi connectivity index (χ0v) is 10.2. The summed E-state index contributed by atoms with van der Waals surface area (Å²) < 4.78 is 5.48. The SMILES string of the molecule is CN(Cc1cn[nH]c1)C(=O)c1ccoc1Br. The van der Waals surface area contributed by atoms with E-state index in [-0.39, 0.29) is 5.91 Å². The maximum absolute atomic E-state index is 12.0. The van der Waals surface area contributed by atoms with Crippen molar-refractivity contribution >= 4 is 21.8 Å². The van der Waals surface area contributed by atoms with E-state index in [2.05, 4.69) is 26.1 Å². The third kappa shape index (κ3) is 2.16. The van der Waals surface area contributed by atoms with Gasteiger partial charge in [0, 0.05) is 25.4 Å². The molecule has 0 aliphatic heterocycles. The van der Waals surface area contributed by atoms with Crippen LogP contribution in [0, 0.1) is 0 Å². The van der Waals surface area contributed by atoms with E-state index in [0.29, 0.717) is 16.8 Å². The third-order valence-electron chi connectivity index (χ3n) is 2.17. The normalized spacial score (nSPS) is 10.4. The fraction of sp³-hybridized carbons (Fsp3) is 0.200. The van der Waals surface area contributed by atoms with Crippen LogP contribution in [0.25, 0.3) is 0 Å². The Morgan fingerprint density at radius 2 is 2.50 bits per heavy atom. The topological polar surface area (TPSA) is 62.1 Å².